The first-order valence-electron chi connectivity index (χ1n) is 10.6. The van der Waals surface area contributed by atoms with Gasteiger partial charge in [0.15, 0.2) is 0 Å². The van der Waals surface area contributed by atoms with Crippen LogP contribution in [0.2, 0.25) is 0 Å². The summed E-state index contributed by atoms with van der Waals surface area (Å²) < 4.78 is 0. The van der Waals surface area contributed by atoms with E-state index in [2.05, 4.69) is 60.6 Å². The average molecular weight is 410 g/mol. The van der Waals surface area contributed by atoms with E-state index >= 15 is 0 Å². The van der Waals surface area contributed by atoms with Crippen LogP contribution in [0, 0.1) is 11.8 Å². The Hall–Kier alpha value is -2.86. The number of nitrogens with zero attached hydrogens (tertiary/aromatic N) is 2. The van der Waals surface area contributed by atoms with Gasteiger partial charge in [-0.1, -0.05) is 56.3 Å². The minimum Gasteiger partial charge on any atom is -0.368 e. The van der Waals surface area contributed by atoms with E-state index in [0.29, 0.717) is 25.4 Å². The molecule has 1 N–H and O–H groups in total. The Kier molecular flexibility index (Phi) is 7.85. The average Bonchev–Trinajstić information content (AvgIpc) is 2.79. The quantitative estimate of drug-likeness (QED) is 0.392. The van der Waals surface area contributed by atoms with Crippen LogP contribution in [0.4, 0.5) is 5.69 Å². The molecule has 2 amide bonds. The van der Waals surface area contributed by atoms with Crippen molar-refractivity contribution in [2.75, 3.05) is 37.7 Å². The number of nitrogens with one attached hydrogen (secondary N) is 1. The van der Waals surface area contributed by atoms with E-state index in [1.54, 1.807) is 0 Å². The summed E-state index contributed by atoms with van der Waals surface area (Å²) in [5.74, 6) is 0.243. The molecule has 1 saturated heterocycles. The van der Waals surface area contributed by atoms with Crippen molar-refractivity contribution in [1.82, 2.24) is 10.4 Å². The van der Waals surface area contributed by atoms with Crippen LogP contribution in [-0.2, 0) is 14.4 Å². The maximum atomic E-state index is 13.0. The summed E-state index contributed by atoms with van der Waals surface area (Å²) in [5, 5.41) is 0. The first-order chi connectivity index (χ1) is 14.6. The third kappa shape index (κ3) is 5.83. The van der Waals surface area contributed by atoms with Gasteiger partial charge in [0.1, 0.15) is 0 Å². The van der Waals surface area contributed by atoms with Crippen LogP contribution in [-0.4, -0.2) is 50.0 Å². The molecule has 0 radical (unpaired) electrons. The van der Waals surface area contributed by atoms with Crippen molar-refractivity contribution in [3.8, 4) is 11.1 Å². The Labute approximate surface area is 178 Å². The number of benzene rings is 2. The zero-order chi connectivity index (χ0) is 21.3. The van der Waals surface area contributed by atoms with E-state index in [0.717, 1.165) is 19.5 Å². The lowest BCUT2D eigenvalue weighted by molar-refractivity contribution is -0.141. The van der Waals surface area contributed by atoms with E-state index in [9.17, 15) is 9.59 Å². The monoisotopic (exact) mass is 409 g/mol. The molecule has 0 spiro atoms. The van der Waals surface area contributed by atoms with E-state index < -0.39 is 0 Å². The fraction of sp³-hybridized carbons (Fsp3) is 0.417. The second-order valence-corrected chi connectivity index (χ2v) is 8.10. The minimum absolute atomic E-state index is 0.107. The number of piperazine rings is 1. The molecule has 0 aromatic heterocycles. The van der Waals surface area contributed by atoms with Crippen molar-refractivity contribution in [3.63, 3.8) is 0 Å². The normalized spacial score (nSPS) is 15.2. The van der Waals surface area contributed by atoms with Gasteiger partial charge in [-0.05, 0) is 35.6 Å². The van der Waals surface area contributed by atoms with Gasteiger partial charge in [-0.15, -0.1) is 0 Å². The molecule has 0 saturated carbocycles. The third-order valence-corrected chi connectivity index (χ3v) is 5.45. The fourth-order valence-electron chi connectivity index (χ4n) is 3.93. The largest absolute Gasteiger partial charge is 0.368 e. The Morgan fingerprint density at radius 3 is 2.23 bits per heavy atom. The molecule has 3 rings (SSSR count). The lowest BCUT2D eigenvalue weighted by Gasteiger charge is -2.37. The standard InChI is InChI=1S/C24H31N3O3/c1-19(2)16-22(17-30-25-18-28)24(29)27-14-12-26(13-15-27)23-10-8-21(9-11-23)20-6-4-3-5-7-20/h3-11,18-19,22H,12-17H2,1-2H3,(H,25,28)/t22-/m0/s1. The van der Waals surface area contributed by atoms with Crippen molar-refractivity contribution < 1.29 is 14.4 Å². The second-order valence-electron chi connectivity index (χ2n) is 8.10. The summed E-state index contributed by atoms with van der Waals surface area (Å²) in [5.41, 5.74) is 5.79. The van der Waals surface area contributed by atoms with Crippen LogP contribution in [0.3, 0.4) is 0 Å². The van der Waals surface area contributed by atoms with Gasteiger partial charge in [0.2, 0.25) is 12.3 Å². The number of hydroxylamine groups is 1. The highest BCUT2D eigenvalue weighted by atomic mass is 16.6. The van der Waals surface area contributed by atoms with E-state index in [-0.39, 0.29) is 18.4 Å². The first kappa shape index (κ1) is 21.8. The summed E-state index contributed by atoms with van der Waals surface area (Å²) in [7, 11) is 0. The molecular formula is C24H31N3O3. The highest BCUT2D eigenvalue weighted by molar-refractivity contribution is 5.79. The smallest absolute Gasteiger partial charge is 0.230 e. The highest BCUT2D eigenvalue weighted by Gasteiger charge is 2.28. The molecule has 0 bridgehead atoms. The van der Waals surface area contributed by atoms with Crippen LogP contribution in [0.5, 0.6) is 0 Å². The summed E-state index contributed by atoms with van der Waals surface area (Å²) in [4.78, 5) is 32.8. The number of amides is 2. The van der Waals surface area contributed by atoms with Gasteiger partial charge >= 0.3 is 0 Å². The molecule has 0 unspecified atom stereocenters. The maximum Gasteiger partial charge on any atom is 0.230 e. The lowest BCUT2D eigenvalue weighted by Crippen LogP contribution is -2.51. The van der Waals surface area contributed by atoms with Crippen molar-refractivity contribution in [2.24, 2.45) is 11.8 Å². The summed E-state index contributed by atoms with van der Waals surface area (Å²) in [6.45, 7) is 7.37. The molecule has 1 aliphatic heterocycles. The Bertz CT molecular complexity index is 800. The first-order valence-corrected chi connectivity index (χ1v) is 10.6. The summed E-state index contributed by atoms with van der Waals surface area (Å²) in [6, 6.07) is 19.0. The summed E-state index contributed by atoms with van der Waals surface area (Å²) in [6.07, 6.45) is 1.22. The second kappa shape index (κ2) is 10.8. The topological polar surface area (TPSA) is 61.9 Å². The van der Waals surface area contributed by atoms with Gasteiger partial charge in [-0.2, -0.15) is 0 Å². The van der Waals surface area contributed by atoms with Crippen molar-refractivity contribution in [3.05, 3.63) is 54.6 Å². The minimum atomic E-state index is -0.242. The van der Waals surface area contributed by atoms with Gasteiger partial charge in [0, 0.05) is 31.9 Å². The summed E-state index contributed by atoms with van der Waals surface area (Å²) >= 11 is 0. The van der Waals surface area contributed by atoms with E-state index in [1.807, 2.05) is 23.1 Å². The number of anilines is 1. The zero-order valence-electron chi connectivity index (χ0n) is 17.8. The van der Waals surface area contributed by atoms with Gasteiger partial charge in [0.25, 0.3) is 0 Å². The van der Waals surface area contributed by atoms with E-state index in [4.69, 9.17) is 4.84 Å². The molecule has 30 heavy (non-hydrogen) atoms. The molecule has 1 fully saturated rings. The molecule has 1 atom stereocenters. The SMILES string of the molecule is CC(C)C[C@@H](CONC=O)C(=O)N1CCN(c2ccc(-c3ccccc3)cc2)CC1. The predicted octanol–water partition coefficient (Wildman–Crippen LogP) is 3.34. The zero-order valence-corrected chi connectivity index (χ0v) is 17.8. The van der Waals surface area contributed by atoms with Crippen molar-refractivity contribution in [1.29, 1.82) is 0 Å². The predicted molar refractivity (Wildman–Crippen MR) is 119 cm³/mol. The van der Waals surface area contributed by atoms with Crippen LogP contribution in [0.1, 0.15) is 20.3 Å². The number of carbonyl (C=O) groups is 2. The number of carbonyl (C=O) groups excluding carboxylic acids is 2. The van der Waals surface area contributed by atoms with Crippen LogP contribution >= 0.6 is 0 Å². The van der Waals surface area contributed by atoms with E-state index in [1.165, 1.54) is 16.8 Å². The van der Waals surface area contributed by atoms with Gasteiger partial charge in [0.05, 0.1) is 12.5 Å². The maximum absolute atomic E-state index is 13.0. The van der Waals surface area contributed by atoms with Crippen molar-refractivity contribution >= 4 is 18.0 Å². The number of hydrogen-bond donors (Lipinski definition) is 1. The molecule has 6 nitrogen and oxygen atoms in total. The molecule has 0 aliphatic carbocycles. The molecule has 1 aliphatic rings. The van der Waals surface area contributed by atoms with Gasteiger partial charge in [-0.25, -0.2) is 5.48 Å². The molecule has 1 heterocycles. The third-order valence-electron chi connectivity index (χ3n) is 5.45. The van der Waals surface area contributed by atoms with Gasteiger partial charge in [-0.3, -0.25) is 14.4 Å². The van der Waals surface area contributed by atoms with Crippen LogP contribution in [0.15, 0.2) is 54.6 Å². The van der Waals surface area contributed by atoms with Crippen LogP contribution in [0.25, 0.3) is 11.1 Å². The van der Waals surface area contributed by atoms with Crippen molar-refractivity contribution in [2.45, 2.75) is 20.3 Å². The molecule has 2 aromatic carbocycles. The number of hydrogen-bond acceptors (Lipinski definition) is 4. The Morgan fingerprint density at radius 2 is 1.63 bits per heavy atom. The lowest BCUT2D eigenvalue weighted by atomic mass is 9.96. The van der Waals surface area contributed by atoms with Crippen LogP contribution < -0.4 is 10.4 Å². The highest BCUT2D eigenvalue weighted by Crippen LogP contribution is 2.24. The van der Waals surface area contributed by atoms with Gasteiger partial charge < -0.3 is 9.80 Å². The number of rotatable bonds is 9. The fourth-order valence-corrected chi connectivity index (χ4v) is 3.93. The Morgan fingerprint density at radius 1 is 1.00 bits per heavy atom. The molecule has 160 valence electrons. The molecule has 2 aromatic rings. The Balaban J connectivity index is 1.56. The molecular weight excluding hydrogens is 378 g/mol. The molecule has 6 heteroatoms.